The SMILES string of the molecule is NC(=O)Cc1nc2c(ccc3cccnc32)cc1-c1ccccc1. The molecule has 0 spiro atoms. The fourth-order valence-corrected chi connectivity index (χ4v) is 2.98. The van der Waals surface area contributed by atoms with E-state index in [1.807, 2.05) is 54.6 Å². The highest BCUT2D eigenvalue weighted by atomic mass is 16.1. The number of carbonyl (C=O) groups is 1. The molecule has 2 N–H and O–H groups in total. The Kier molecular flexibility index (Phi) is 3.43. The molecule has 4 rings (SSSR count). The Balaban J connectivity index is 2.05. The van der Waals surface area contributed by atoms with Gasteiger partial charge in [-0.15, -0.1) is 0 Å². The Morgan fingerprint density at radius 3 is 2.50 bits per heavy atom. The molecule has 0 unspecified atom stereocenters. The van der Waals surface area contributed by atoms with Crippen molar-refractivity contribution in [2.75, 3.05) is 0 Å². The molecule has 2 heterocycles. The van der Waals surface area contributed by atoms with Crippen LogP contribution in [0.2, 0.25) is 0 Å². The predicted molar refractivity (Wildman–Crippen MR) is 95.4 cm³/mol. The predicted octanol–water partition coefficient (Wildman–Crippen LogP) is 3.48. The summed E-state index contributed by atoms with van der Waals surface area (Å²) in [5.74, 6) is -0.396. The third-order valence-corrected chi connectivity index (χ3v) is 4.06. The third-order valence-electron chi connectivity index (χ3n) is 4.06. The van der Waals surface area contributed by atoms with Crippen LogP contribution in [0.15, 0.2) is 66.9 Å². The maximum atomic E-state index is 11.5. The zero-order valence-electron chi connectivity index (χ0n) is 12.9. The van der Waals surface area contributed by atoms with E-state index < -0.39 is 5.91 Å². The number of nitrogens with zero attached hydrogens (tertiary/aromatic N) is 2. The molecule has 0 atom stereocenters. The van der Waals surface area contributed by atoms with Crippen molar-refractivity contribution >= 4 is 27.7 Å². The highest BCUT2D eigenvalue weighted by Gasteiger charge is 2.13. The highest BCUT2D eigenvalue weighted by molar-refractivity contribution is 6.04. The van der Waals surface area contributed by atoms with Gasteiger partial charge in [-0.25, -0.2) is 4.98 Å². The molecule has 0 bridgehead atoms. The second-order valence-corrected chi connectivity index (χ2v) is 5.70. The van der Waals surface area contributed by atoms with Gasteiger partial charge >= 0.3 is 0 Å². The van der Waals surface area contributed by atoms with E-state index in [0.717, 1.165) is 32.9 Å². The summed E-state index contributed by atoms with van der Waals surface area (Å²) in [6.45, 7) is 0. The van der Waals surface area contributed by atoms with Gasteiger partial charge in [0.2, 0.25) is 5.91 Å². The smallest absolute Gasteiger partial charge is 0.223 e. The number of hydrogen-bond donors (Lipinski definition) is 1. The zero-order chi connectivity index (χ0) is 16.5. The van der Waals surface area contributed by atoms with Gasteiger partial charge in [-0.3, -0.25) is 9.78 Å². The molecular formula is C20H15N3O. The van der Waals surface area contributed by atoms with E-state index in [1.54, 1.807) is 6.20 Å². The lowest BCUT2D eigenvalue weighted by atomic mass is 9.99. The minimum atomic E-state index is -0.396. The third kappa shape index (κ3) is 2.48. The number of benzene rings is 2. The average Bonchev–Trinajstić information content (AvgIpc) is 2.61. The molecule has 0 aliphatic carbocycles. The molecule has 0 radical (unpaired) electrons. The maximum Gasteiger partial charge on any atom is 0.223 e. The van der Waals surface area contributed by atoms with Crippen LogP contribution in [0, 0.1) is 0 Å². The second-order valence-electron chi connectivity index (χ2n) is 5.70. The first-order valence-electron chi connectivity index (χ1n) is 7.73. The van der Waals surface area contributed by atoms with Gasteiger partial charge < -0.3 is 5.73 Å². The number of hydrogen-bond acceptors (Lipinski definition) is 3. The fraction of sp³-hybridized carbons (Fsp3) is 0.0500. The lowest BCUT2D eigenvalue weighted by molar-refractivity contribution is -0.117. The number of aromatic nitrogens is 2. The molecule has 0 saturated heterocycles. The van der Waals surface area contributed by atoms with Crippen LogP contribution in [0.4, 0.5) is 0 Å². The number of pyridine rings is 2. The van der Waals surface area contributed by atoms with Gasteiger partial charge in [0.1, 0.15) is 0 Å². The summed E-state index contributed by atoms with van der Waals surface area (Å²) in [4.78, 5) is 20.7. The number of fused-ring (bicyclic) bond motifs is 3. The van der Waals surface area contributed by atoms with Crippen LogP contribution in [0.3, 0.4) is 0 Å². The van der Waals surface area contributed by atoms with Crippen LogP contribution in [0.1, 0.15) is 5.69 Å². The summed E-state index contributed by atoms with van der Waals surface area (Å²) in [6.07, 6.45) is 1.85. The molecule has 0 fully saturated rings. The molecule has 0 saturated carbocycles. The van der Waals surface area contributed by atoms with Gasteiger partial charge in [-0.05, 0) is 17.7 Å². The quantitative estimate of drug-likeness (QED) is 0.589. The van der Waals surface area contributed by atoms with E-state index in [1.165, 1.54) is 0 Å². The molecule has 4 nitrogen and oxygen atoms in total. The minimum absolute atomic E-state index is 0.101. The normalized spacial score (nSPS) is 11.0. The van der Waals surface area contributed by atoms with Crippen LogP contribution < -0.4 is 5.73 Å². The van der Waals surface area contributed by atoms with Crippen LogP contribution in [-0.2, 0) is 11.2 Å². The summed E-state index contributed by atoms with van der Waals surface area (Å²) in [5.41, 5.74) is 9.69. The average molecular weight is 313 g/mol. The Morgan fingerprint density at radius 2 is 1.71 bits per heavy atom. The van der Waals surface area contributed by atoms with Crippen LogP contribution >= 0.6 is 0 Å². The Morgan fingerprint density at radius 1 is 0.917 bits per heavy atom. The van der Waals surface area contributed by atoms with Crippen LogP contribution in [-0.4, -0.2) is 15.9 Å². The molecule has 0 aliphatic heterocycles. The molecule has 1 amide bonds. The monoisotopic (exact) mass is 313 g/mol. The van der Waals surface area contributed by atoms with E-state index in [-0.39, 0.29) is 6.42 Å². The summed E-state index contributed by atoms with van der Waals surface area (Å²) >= 11 is 0. The maximum absolute atomic E-state index is 11.5. The Hall–Kier alpha value is -3.27. The molecule has 0 aliphatic rings. The largest absolute Gasteiger partial charge is 0.369 e. The van der Waals surface area contributed by atoms with E-state index in [9.17, 15) is 4.79 Å². The van der Waals surface area contributed by atoms with Crippen molar-refractivity contribution in [2.24, 2.45) is 5.73 Å². The number of nitrogens with two attached hydrogens (primary N) is 1. The minimum Gasteiger partial charge on any atom is -0.369 e. The van der Waals surface area contributed by atoms with Crippen molar-refractivity contribution in [1.29, 1.82) is 0 Å². The van der Waals surface area contributed by atoms with Gasteiger partial charge in [0, 0.05) is 22.5 Å². The number of rotatable bonds is 3. The Bertz CT molecular complexity index is 1060. The number of amides is 1. The van der Waals surface area contributed by atoms with Crippen LogP contribution in [0.25, 0.3) is 32.9 Å². The van der Waals surface area contributed by atoms with E-state index >= 15 is 0 Å². The molecular weight excluding hydrogens is 298 g/mol. The first kappa shape index (κ1) is 14.3. The summed E-state index contributed by atoms with van der Waals surface area (Å²) < 4.78 is 0. The van der Waals surface area contributed by atoms with Crippen molar-refractivity contribution < 1.29 is 4.79 Å². The van der Waals surface area contributed by atoms with E-state index in [4.69, 9.17) is 10.7 Å². The standard InChI is InChI=1S/C20H15N3O/c21-18(24)12-17-16(13-5-2-1-3-6-13)11-15-9-8-14-7-4-10-22-19(14)20(15)23-17/h1-11H,12H2,(H2,21,24). The van der Waals surface area contributed by atoms with E-state index in [0.29, 0.717) is 5.69 Å². The van der Waals surface area contributed by atoms with Crippen molar-refractivity contribution in [3.63, 3.8) is 0 Å². The molecule has 116 valence electrons. The van der Waals surface area contributed by atoms with Gasteiger partial charge in [0.05, 0.1) is 23.1 Å². The van der Waals surface area contributed by atoms with Crippen LogP contribution in [0.5, 0.6) is 0 Å². The second kappa shape index (κ2) is 5.74. The molecule has 2 aromatic carbocycles. The fourth-order valence-electron chi connectivity index (χ4n) is 2.98. The van der Waals surface area contributed by atoms with Gasteiger partial charge in [0.15, 0.2) is 0 Å². The molecule has 4 heteroatoms. The topological polar surface area (TPSA) is 68.9 Å². The number of primary amides is 1. The highest BCUT2D eigenvalue weighted by Crippen LogP contribution is 2.29. The molecule has 2 aromatic heterocycles. The first-order valence-corrected chi connectivity index (χ1v) is 7.73. The van der Waals surface area contributed by atoms with Gasteiger partial charge in [-0.1, -0.05) is 48.5 Å². The molecule has 4 aromatic rings. The van der Waals surface area contributed by atoms with Crippen molar-refractivity contribution in [1.82, 2.24) is 9.97 Å². The summed E-state index contributed by atoms with van der Waals surface area (Å²) in [5, 5.41) is 2.02. The molecule has 24 heavy (non-hydrogen) atoms. The summed E-state index contributed by atoms with van der Waals surface area (Å²) in [6, 6.07) is 19.9. The zero-order valence-corrected chi connectivity index (χ0v) is 12.9. The van der Waals surface area contributed by atoms with Crippen molar-refractivity contribution in [3.8, 4) is 11.1 Å². The van der Waals surface area contributed by atoms with Gasteiger partial charge in [-0.2, -0.15) is 0 Å². The van der Waals surface area contributed by atoms with Gasteiger partial charge in [0.25, 0.3) is 0 Å². The lowest BCUT2D eigenvalue weighted by Gasteiger charge is -2.11. The summed E-state index contributed by atoms with van der Waals surface area (Å²) in [7, 11) is 0. The lowest BCUT2D eigenvalue weighted by Crippen LogP contribution is -2.15. The van der Waals surface area contributed by atoms with Crippen molar-refractivity contribution in [2.45, 2.75) is 6.42 Å². The number of carbonyl (C=O) groups excluding carboxylic acids is 1. The Labute approximate surface area is 139 Å². The van der Waals surface area contributed by atoms with E-state index in [2.05, 4.69) is 11.1 Å². The first-order chi connectivity index (χ1) is 11.7. The van der Waals surface area contributed by atoms with Crippen molar-refractivity contribution in [3.05, 3.63) is 72.6 Å².